The van der Waals surface area contributed by atoms with Crippen molar-refractivity contribution in [1.29, 1.82) is 0 Å². The molecule has 13 heteroatoms. The Morgan fingerprint density at radius 2 is 1.77 bits per heavy atom. The smallest absolute Gasteiger partial charge is 0.726 e. The van der Waals surface area contributed by atoms with E-state index in [-0.39, 0.29) is 101 Å². The van der Waals surface area contributed by atoms with Gasteiger partial charge in [-0.25, -0.2) is 16.8 Å². The van der Waals surface area contributed by atoms with Gasteiger partial charge < -0.3 is 14.2 Å². The number of hydrogen-bond donors (Lipinski definition) is 1. The molecule has 0 aliphatic heterocycles. The summed E-state index contributed by atoms with van der Waals surface area (Å²) in [6, 6.07) is 0. The third-order valence-electron chi connectivity index (χ3n) is 10.5. The first-order valence-electron chi connectivity index (χ1n) is 13.8. The van der Waals surface area contributed by atoms with Crippen molar-refractivity contribution < 1.29 is 98.5 Å². The summed E-state index contributed by atoms with van der Waals surface area (Å²) in [6.45, 7) is 8.40. The second-order valence-electron chi connectivity index (χ2n) is 12.8. The van der Waals surface area contributed by atoms with Gasteiger partial charge in [0.1, 0.15) is 6.10 Å². The van der Waals surface area contributed by atoms with Crippen LogP contribution in [0.15, 0.2) is 23.3 Å². The molecular weight excluding hydrogens is 578 g/mol. The van der Waals surface area contributed by atoms with Crippen LogP contribution < -0.4 is 59.1 Å². The standard InChI is InChI=1S/C27H44O9S2.2Na/c1-17(2)6-5-7-18(16-35-37(29,30)31)21-10-11-22-20-9-8-19-14-24(28)25(36-38(32,33)34)15-27(19,4)23(20)12-13-26(21,22)3;;/h6,8,18,20-25,28H,5,7,9-16H2,1-4H3,(H,29,30,31)(H,32,33,34);;/q;2*+1/p-2/t18?,20?,21?,22?,23?,24-,25-,26?,27?;;/m0../s1. The molecule has 0 radical (unpaired) electrons. The summed E-state index contributed by atoms with van der Waals surface area (Å²) in [7, 11) is -9.70. The molecule has 3 fully saturated rings. The molecule has 0 bridgehead atoms. The Kier molecular flexibility index (Phi) is 13.2. The van der Waals surface area contributed by atoms with Gasteiger partial charge >= 0.3 is 59.1 Å². The molecule has 3 saturated carbocycles. The Labute approximate surface area is 284 Å². The van der Waals surface area contributed by atoms with Gasteiger partial charge in [-0.05, 0) is 112 Å². The molecule has 4 aliphatic carbocycles. The van der Waals surface area contributed by atoms with Crippen molar-refractivity contribution >= 4 is 20.8 Å². The first-order valence-corrected chi connectivity index (χ1v) is 16.5. The number of rotatable bonds is 9. The van der Waals surface area contributed by atoms with Crippen LogP contribution in [0.2, 0.25) is 0 Å². The average Bonchev–Trinajstić information content (AvgIpc) is 3.12. The molecule has 4 aliphatic rings. The van der Waals surface area contributed by atoms with Gasteiger partial charge in [0.2, 0.25) is 20.8 Å². The third kappa shape index (κ3) is 8.25. The summed E-state index contributed by atoms with van der Waals surface area (Å²) in [5.74, 6) is 1.21. The Morgan fingerprint density at radius 3 is 2.38 bits per heavy atom. The van der Waals surface area contributed by atoms with Crippen LogP contribution in [0.25, 0.3) is 0 Å². The third-order valence-corrected chi connectivity index (χ3v) is 11.4. The minimum atomic E-state index is -4.93. The van der Waals surface area contributed by atoms with Crippen LogP contribution in [0.1, 0.15) is 85.5 Å². The maximum absolute atomic E-state index is 11.3. The van der Waals surface area contributed by atoms with Gasteiger partial charge in [-0.2, -0.15) is 0 Å². The van der Waals surface area contributed by atoms with Crippen molar-refractivity contribution in [3.8, 4) is 0 Å². The van der Waals surface area contributed by atoms with E-state index in [1.54, 1.807) is 0 Å². The molecule has 9 atom stereocenters. The predicted molar refractivity (Wildman–Crippen MR) is 139 cm³/mol. The molecule has 0 aromatic carbocycles. The van der Waals surface area contributed by atoms with Crippen molar-refractivity contribution in [2.75, 3.05) is 6.61 Å². The van der Waals surface area contributed by atoms with Crippen molar-refractivity contribution in [2.24, 2.45) is 40.4 Å². The Hall–Kier alpha value is 1.18. The monoisotopic (exact) mass is 620 g/mol. The van der Waals surface area contributed by atoms with E-state index in [1.807, 2.05) is 13.8 Å². The minimum absolute atomic E-state index is 0. The minimum Gasteiger partial charge on any atom is -0.726 e. The van der Waals surface area contributed by atoms with Crippen LogP contribution in [-0.4, -0.2) is 49.9 Å². The van der Waals surface area contributed by atoms with Gasteiger partial charge in [-0.1, -0.05) is 37.1 Å². The fraction of sp³-hybridized carbons (Fsp3) is 0.852. The Morgan fingerprint density at radius 1 is 1.10 bits per heavy atom. The molecule has 218 valence electrons. The van der Waals surface area contributed by atoms with Crippen LogP contribution in [0.3, 0.4) is 0 Å². The number of hydrogen-bond acceptors (Lipinski definition) is 9. The van der Waals surface area contributed by atoms with E-state index in [9.17, 15) is 31.0 Å². The van der Waals surface area contributed by atoms with Gasteiger partial charge in [0.15, 0.2) is 0 Å². The molecule has 0 amide bonds. The summed E-state index contributed by atoms with van der Waals surface area (Å²) < 4.78 is 77.5. The summed E-state index contributed by atoms with van der Waals surface area (Å²) in [6.07, 6.45) is 9.09. The van der Waals surface area contributed by atoms with Gasteiger partial charge in [-0.15, -0.1) is 0 Å². The molecule has 1 N–H and O–H groups in total. The fourth-order valence-corrected chi connectivity index (χ4v) is 9.73. The second-order valence-corrected chi connectivity index (χ2v) is 14.9. The molecule has 0 spiro atoms. The van der Waals surface area contributed by atoms with E-state index in [0.717, 1.165) is 50.5 Å². The van der Waals surface area contributed by atoms with Crippen molar-refractivity contribution in [3.05, 3.63) is 23.3 Å². The summed E-state index contributed by atoms with van der Waals surface area (Å²) in [5, 5.41) is 10.5. The normalized spacial score (nSPS) is 37.9. The van der Waals surface area contributed by atoms with Gasteiger partial charge in [0.25, 0.3) is 0 Å². The van der Waals surface area contributed by atoms with Crippen LogP contribution in [-0.2, 0) is 29.2 Å². The van der Waals surface area contributed by atoms with Crippen LogP contribution in [0, 0.1) is 40.4 Å². The molecule has 7 unspecified atom stereocenters. The maximum atomic E-state index is 11.3. The van der Waals surface area contributed by atoms with Crippen molar-refractivity contribution in [3.63, 3.8) is 0 Å². The van der Waals surface area contributed by atoms with Crippen LogP contribution >= 0.6 is 0 Å². The van der Waals surface area contributed by atoms with E-state index in [4.69, 9.17) is 8.37 Å². The van der Waals surface area contributed by atoms with E-state index in [1.165, 1.54) is 5.57 Å². The largest absolute Gasteiger partial charge is 1.00 e. The molecular formula is C27H42Na2O9S2. The number of fused-ring (bicyclic) bond motifs is 5. The predicted octanol–water partition coefficient (Wildman–Crippen LogP) is -1.77. The zero-order valence-corrected chi connectivity index (χ0v) is 30.4. The number of allylic oxidation sites excluding steroid dienone is 3. The van der Waals surface area contributed by atoms with E-state index < -0.39 is 33.0 Å². The second kappa shape index (κ2) is 14.1. The van der Waals surface area contributed by atoms with E-state index >= 15 is 0 Å². The zero-order valence-electron chi connectivity index (χ0n) is 24.8. The molecule has 40 heavy (non-hydrogen) atoms. The van der Waals surface area contributed by atoms with E-state index in [2.05, 4.69) is 26.0 Å². The van der Waals surface area contributed by atoms with Gasteiger partial charge in [0.05, 0.1) is 12.7 Å². The Balaban J connectivity index is 0.00000280. The maximum Gasteiger partial charge on any atom is 1.00 e. The fourth-order valence-electron chi connectivity index (χ4n) is 8.89. The van der Waals surface area contributed by atoms with Crippen LogP contribution in [0.5, 0.6) is 0 Å². The van der Waals surface area contributed by atoms with Crippen molar-refractivity contribution in [2.45, 2.75) is 97.7 Å². The first-order chi connectivity index (χ1) is 17.5. The van der Waals surface area contributed by atoms with Crippen LogP contribution in [0.4, 0.5) is 0 Å². The summed E-state index contributed by atoms with van der Waals surface area (Å²) in [4.78, 5) is 0. The number of aliphatic hydroxyl groups is 1. The first kappa shape index (κ1) is 37.4. The zero-order chi connectivity index (χ0) is 28.1. The van der Waals surface area contributed by atoms with Crippen molar-refractivity contribution in [1.82, 2.24) is 0 Å². The molecule has 0 heterocycles. The van der Waals surface area contributed by atoms with Gasteiger partial charge in [-0.3, -0.25) is 8.37 Å². The van der Waals surface area contributed by atoms with Gasteiger partial charge in [0, 0.05) is 0 Å². The Bertz CT molecular complexity index is 1170. The number of aliphatic hydroxyl groups excluding tert-OH is 1. The SMILES string of the molecule is CC(C)=CCCC(COS(=O)(=O)[O-])C1CCC2C3CC=C4C[C@H](O)[C@@H](OS(=O)(=O)[O-])CC4(C)C3CCC12C.[Na+].[Na+]. The quantitative estimate of drug-likeness (QED) is 0.137. The molecule has 0 aromatic rings. The van der Waals surface area contributed by atoms with E-state index in [0.29, 0.717) is 18.3 Å². The molecule has 0 saturated heterocycles. The summed E-state index contributed by atoms with van der Waals surface area (Å²) in [5.41, 5.74) is 1.93. The molecule has 9 nitrogen and oxygen atoms in total. The molecule has 4 rings (SSSR count). The summed E-state index contributed by atoms with van der Waals surface area (Å²) >= 11 is 0. The molecule has 0 aromatic heterocycles. The topological polar surface area (TPSA) is 153 Å². The average molecular weight is 621 g/mol.